The lowest BCUT2D eigenvalue weighted by Crippen LogP contribution is -2.29. The highest BCUT2D eigenvalue weighted by molar-refractivity contribution is 5.70. The summed E-state index contributed by atoms with van der Waals surface area (Å²) < 4.78 is 11.0. The number of carboxylic acids is 1. The SMILES string of the molecule is O=C(O)CCCCC(=O)OC(CCC1CO1)C1CCCCC1. The molecule has 22 heavy (non-hydrogen) atoms. The molecule has 2 unspecified atom stereocenters. The normalized spacial score (nSPS) is 23.0. The Morgan fingerprint density at radius 2 is 1.82 bits per heavy atom. The molecule has 2 aliphatic rings. The van der Waals surface area contributed by atoms with Crippen LogP contribution in [0.4, 0.5) is 0 Å². The van der Waals surface area contributed by atoms with Crippen LogP contribution in [0.5, 0.6) is 0 Å². The van der Waals surface area contributed by atoms with Crippen molar-refractivity contribution in [2.24, 2.45) is 5.92 Å². The van der Waals surface area contributed by atoms with E-state index in [0.717, 1.165) is 32.3 Å². The zero-order chi connectivity index (χ0) is 15.8. The minimum Gasteiger partial charge on any atom is -0.481 e. The highest BCUT2D eigenvalue weighted by Gasteiger charge is 2.30. The van der Waals surface area contributed by atoms with Gasteiger partial charge in [0.25, 0.3) is 0 Å². The Hall–Kier alpha value is -1.10. The van der Waals surface area contributed by atoms with Gasteiger partial charge < -0.3 is 14.6 Å². The average molecular weight is 312 g/mol. The van der Waals surface area contributed by atoms with Crippen LogP contribution in [-0.2, 0) is 19.1 Å². The summed E-state index contributed by atoms with van der Waals surface area (Å²) >= 11 is 0. The number of epoxide rings is 1. The Morgan fingerprint density at radius 1 is 1.14 bits per heavy atom. The predicted octanol–water partition coefficient (Wildman–Crippen LogP) is 3.30. The number of carbonyl (C=O) groups is 2. The van der Waals surface area contributed by atoms with Crippen molar-refractivity contribution in [1.29, 1.82) is 0 Å². The molecule has 2 rings (SSSR count). The molecule has 1 heterocycles. The van der Waals surface area contributed by atoms with Crippen LogP contribution in [0.3, 0.4) is 0 Å². The number of unbranched alkanes of at least 4 members (excludes halogenated alkanes) is 1. The first-order chi connectivity index (χ1) is 10.6. The van der Waals surface area contributed by atoms with Gasteiger partial charge in [0, 0.05) is 12.8 Å². The highest BCUT2D eigenvalue weighted by atomic mass is 16.6. The van der Waals surface area contributed by atoms with Gasteiger partial charge in [-0.05, 0) is 44.4 Å². The van der Waals surface area contributed by atoms with Gasteiger partial charge in [-0.1, -0.05) is 19.3 Å². The third-order valence-electron chi connectivity index (χ3n) is 4.66. The topological polar surface area (TPSA) is 76.1 Å². The fraction of sp³-hybridized carbons (Fsp3) is 0.882. The Bertz CT molecular complexity index is 358. The molecule has 0 aromatic rings. The number of esters is 1. The van der Waals surface area contributed by atoms with E-state index in [4.69, 9.17) is 14.6 Å². The third kappa shape index (κ3) is 6.77. The van der Waals surface area contributed by atoms with Gasteiger partial charge in [0.1, 0.15) is 6.10 Å². The second-order valence-corrected chi connectivity index (χ2v) is 6.56. The lowest BCUT2D eigenvalue weighted by molar-refractivity contribution is -0.153. The average Bonchev–Trinajstić information content (AvgIpc) is 3.33. The molecule has 0 amide bonds. The number of rotatable bonds is 10. The lowest BCUT2D eigenvalue weighted by Gasteiger charge is -2.30. The molecule has 0 aromatic carbocycles. The molecule has 0 bridgehead atoms. The van der Waals surface area contributed by atoms with E-state index < -0.39 is 5.97 Å². The van der Waals surface area contributed by atoms with Crippen LogP contribution in [0.25, 0.3) is 0 Å². The zero-order valence-corrected chi connectivity index (χ0v) is 13.3. The summed E-state index contributed by atoms with van der Waals surface area (Å²) in [6.07, 6.45) is 9.93. The van der Waals surface area contributed by atoms with Crippen molar-refractivity contribution in [2.75, 3.05) is 6.61 Å². The summed E-state index contributed by atoms with van der Waals surface area (Å²) in [4.78, 5) is 22.5. The smallest absolute Gasteiger partial charge is 0.306 e. The maximum atomic E-state index is 12.0. The second kappa shape index (κ2) is 9.13. The van der Waals surface area contributed by atoms with E-state index in [1.165, 1.54) is 19.3 Å². The number of hydrogen-bond acceptors (Lipinski definition) is 4. The first kappa shape index (κ1) is 17.3. The van der Waals surface area contributed by atoms with E-state index in [1.807, 2.05) is 0 Å². The Morgan fingerprint density at radius 3 is 2.45 bits per heavy atom. The molecule has 1 aliphatic carbocycles. The van der Waals surface area contributed by atoms with Crippen molar-refractivity contribution in [3.05, 3.63) is 0 Å². The highest BCUT2D eigenvalue weighted by Crippen LogP contribution is 2.31. The maximum Gasteiger partial charge on any atom is 0.306 e. The Labute approximate surface area is 132 Å². The summed E-state index contributed by atoms with van der Waals surface area (Å²) in [5, 5.41) is 8.59. The molecule has 1 N–H and O–H groups in total. The Balaban J connectivity index is 1.71. The summed E-state index contributed by atoms with van der Waals surface area (Å²) in [6, 6.07) is 0. The van der Waals surface area contributed by atoms with Crippen molar-refractivity contribution < 1.29 is 24.2 Å². The molecule has 5 heteroatoms. The van der Waals surface area contributed by atoms with Gasteiger partial charge >= 0.3 is 11.9 Å². The van der Waals surface area contributed by atoms with E-state index >= 15 is 0 Å². The van der Waals surface area contributed by atoms with Gasteiger partial charge in [0.15, 0.2) is 0 Å². The first-order valence-electron chi connectivity index (χ1n) is 8.68. The number of hydrogen-bond donors (Lipinski definition) is 1. The molecule has 2 fully saturated rings. The molecule has 0 spiro atoms. The molecule has 5 nitrogen and oxygen atoms in total. The molecule has 1 saturated heterocycles. The van der Waals surface area contributed by atoms with Gasteiger partial charge in [-0.2, -0.15) is 0 Å². The molecular formula is C17H28O5. The van der Waals surface area contributed by atoms with Crippen LogP contribution in [0.1, 0.15) is 70.6 Å². The van der Waals surface area contributed by atoms with Crippen molar-refractivity contribution in [3.8, 4) is 0 Å². The Kier molecular flexibility index (Phi) is 7.16. The van der Waals surface area contributed by atoms with Crippen LogP contribution < -0.4 is 0 Å². The molecule has 1 saturated carbocycles. The van der Waals surface area contributed by atoms with E-state index in [0.29, 0.717) is 31.3 Å². The predicted molar refractivity (Wildman–Crippen MR) is 81.5 cm³/mol. The van der Waals surface area contributed by atoms with Gasteiger partial charge in [0.2, 0.25) is 0 Å². The fourth-order valence-electron chi connectivity index (χ4n) is 3.25. The van der Waals surface area contributed by atoms with E-state index in [2.05, 4.69) is 0 Å². The molecule has 1 aliphatic heterocycles. The largest absolute Gasteiger partial charge is 0.481 e. The summed E-state index contributed by atoms with van der Waals surface area (Å²) in [7, 11) is 0. The number of carbonyl (C=O) groups excluding carboxylic acids is 1. The van der Waals surface area contributed by atoms with Crippen LogP contribution in [0, 0.1) is 5.92 Å². The van der Waals surface area contributed by atoms with E-state index in [9.17, 15) is 9.59 Å². The first-order valence-corrected chi connectivity index (χ1v) is 8.68. The van der Waals surface area contributed by atoms with Crippen molar-refractivity contribution in [1.82, 2.24) is 0 Å². The quantitative estimate of drug-likeness (QED) is 0.380. The summed E-state index contributed by atoms with van der Waals surface area (Å²) in [6.45, 7) is 0.848. The zero-order valence-electron chi connectivity index (χ0n) is 13.3. The van der Waals surface area contributed by atoms with E-state index in [-0.39, 0.29) is 18.5 Å². The maximum absolute atomic E-state index is 12.0. The monoisotopic (exact) mass is 312 g/mol. The van der Waals surface area contributed by atoms with Crippen LogP contribution in [0.15, 0.2) is 0 Å². The number of aliphatic carboxylic acids is 1. The van der Waals surface area contributed by atoms with Gasteiger partial charge in [-0.3, -0.25) is 9.59 Å². The lowest BCUT2D eigenvalue weighted by atomic mass is 9.83. The minimum absolute atomic E-state index is 0.0245. The molecule has 126 valence electrons. The van der Waals surface area contributed by atoms with Crippen molar-refractivity contribution >= 4 is 11.9 Å². The summed E-state index contributed by atoms with van der Waals surface area (Å²) in [5.41, 5.74) is 0. The summed E-state index contributed by atoms with van der Waals surface area (Å²) in [5.74, 6) is -0.481. The van der Waals surface area contributed by atoms with Crippen molar-refractivity contribution in [3.63, 3.8) is 0 Å². The second-order valence-electron chi connectivity index (χ2n) is 6.56. The van der Waals surface area contributed by atoms with E-state index in [1.54, 1.807) is 0 Å². The van der Waals surface area contributed by atoms with Gasteiger partial charge in [-0.15, -0.1) is 0 Å². The van der Waals surface area contributed by atoms with Gasteiger partial charge in [0.05, 0.1) is 12.7 Å². The van der Waals surface area contributed by atoms with Crippen LogP contribution in [-0.4, -0.2) is 35.9 Å². The molecule has 0 radical (unpaired) electrons. The molecule has 0 aromatic heterocycles. The van der Waals surface area contributed by atoms with Crippen LogP contribution in [0.2, 0.25) is 0 Å². The minimum atomic E-state index is -0.808. The standard InChI is InChI=1S/C17H28O5/c18-16(19)8-4-5-9-17(20)22-15(11-10-14-12-21-14)13-6-2-1-3-7-13/h13-15H,1-12H2,(H,18,19). The molecule has 2 atom stereocenters. The molecular weight excluding hydrogens is 284 g/mol. The van der Waals surface area contributed by atoms with Gasteiger partial charge in [-0.25, -0.2) is 0 Å². The number of carboxylic acid groups (broad SMARTS) is 1. The van der Waals surface area contributed by atoms with Crippen molar-refractivity contribution in [2.45, 2.75) is 82.8 Å². The number of ether oxygens (including phenoxy) is 2. The fourth-order valence-corrected chi connectivity index (χ4v) is 3.25. The third-order valence-corrected chi connectivity index (χ3v) is 4.66. The van der Waals surface area contributed by atoms with Crippen LogP contribution >= 0.6 is 0 Å².